The Labute approximate surface area is 261 Å². The quantitative estimate of drug-likeness (QED) is 0.277. The van der Waals surface area contributed by atoms with Crippen LogP contribution < -0.4 is 0 Å². The summed E-state index contributed by atoms with van der Waals surface area (Å²) >= 11 is 0. The maximum atomic E-state index is 13.3. The van der Waals surface area contributed by atoms with Crippen LogP contribution >= 0.6 is 0 Å². The largest absolute Gasteiger partial charge is 0.461 e. The molecule has 1 aliphatic rings. The van der Waals surface area contributed by atoms with E-state index < -0.39 is 100 Å². The van der Waals surface area contributed by atoms with Crippen molar-refractivity contribution in [3.05, 3.63) is 0 Å². The second kappa shape index (κ2) is 13.4. The van der Waals surface area contributed by atoms with Crippen molar-refractivity contribution >= 4 is 35.8 Å². The summed E-state index contributed by atoms with van der Waals surface area (Å²) in [4.78, 5) is 78.4. The van der Waals surface area contributed by atoms with E-state index in [1.54, 1.807) is 104 Å². The van der Waals surface area contributed by atoms with E-state index in [4.69, 9.17) is 28.4 Å². The monoisotopic (exact) mass is 628 g/mol. The van der Waals surface area contributed by atoms with Gasteiger partial charge in [0.2, 0.25) is 6.10 Å². The minimum Gasteiger partial charge on any atom is -0.461 e. The van der Waals surface area contributed by atoms with Gasteiger partial charge in [-0.15, -0.1) is 0 Å². The van der Waals surface area contributed by atoms with E-state index in [-0.39, 0.29) is 0 Å². The van der Waals surface area contributed by atoms with Crippen molar-refractivity contribution in [3.63, 3.8) is 0 Å². The standard InChI is InChI=1S/C32H52O12/c1-28(2,3)23(34)39-16-17(40-24(35)29(4,5)6)18(42-25(36)30(7,8)9)19-20(43-26(37)31(10,11)12)21(22(33)41-19)44-27(38)32(13,14)15/h17-21H,16H2,1-15H3/t17-,18-,19+,20-,21-/m1/s1. The second-order valence-corrected chi connectivity index (χ2v) is 16.3. The molecule has 252 valence electrons. The molecule has 1 aliphatic heterocycles. The highest BCUT2D eigenvalue weighted by Gasteiger charge is 2.58. The van der Waals surface area contributed by atoms with Gasteiger partial charge in [-0.2, -0.15) is 0 Å². The number of cyclic esters (lactones) is 1. The molecule has 44 heavy (non-hydrogen) atoms. The molecule has 1 fully saturated rings. The zero-order valence-corrected chi connectivity index (χ0v) is 29.0. The van der Waals surface area contributed by atoms with Crippen LogP contribution in [0.1, 0.15) is 104 Å². The number of hydrogen-bond donors (Lipinski definition) is 0. The van der Waals surface area contributed by atoms with E-state index in [2.05, 4.69) is 0 Å². The first kappa shape index (κ1) is 38.8. The average Bonchev–Trinajstić information content (AvgIpc) is 3.11. The van der Waals surface area contributed by atoms with Crippen molar-refractivity contribution in [1.29, 1.82) is 0 Å². The molecular formula is C32H52O12. The van der Waals surface area contributed by atoms with Gasteiger partial charge in [-0.25, -0.2) is 4.79 Å². The maximum absolute atomic E-state index is 13.3. The molecule has 1 rings (SSSR count). The third-order valence-corrected chi connectivity index (χ3v) is 6.22. The molecule has 12 heteroatoms. The van der Waals surface area contributed by atoms with Crippen molar-refractivity contribution in [2.24, 2.45) is 27.1 Å². The minimum absolute atomic E-state index is 0.597. The Balaban J connectivity index is 3.83. The lowest BCUT2D eigenvalue weighted by Crippen LogP contribution is -2.54. The topological polar surface area (TPSA) is 158 Å². The molecule has 0 aliphatic carbocycles. The summed E-state index contributed by atoms with van der Waals surface area (Å²) in [6.45, 7) is 23.2. The van der Waals surface area contributed by atoms with Crippen LogP contribution in [0.3, 0.4) is 0 Å². The molecule has 5 atom stereocenters. The van der Waals surface area contributed by atoms with E-state index >= 15 is 0 Å². The Morgan fingerprint density at radius 3 is 1.39 bits per heavy atom. The molecule has 1 saturated heterocycles. The first-order valence-electron chi connectivity index (χ1n) is 14.7. The summed E-state index contributed by atoms with van der Waals surface area (Å²) in [5, 5.41) is 0. The number of rotatable bonds is 8. The van der Waals surface area contributed by atoms with Gasteiger partial charge in [-0.1, -0.05) is 0 Å². The molecule has 0 unspecified atom stereocenters. The van der Waals surface area contributed by atoms with Gasteiger partial charge < -0.3 is 28.4 Å². The van der Waals surface area contributed by atoms with Gasteiger partial charge in [0.05, 0.1) is 27.1 Å². The van der Waals surface area contributed by atoms with Crippen molar-refractivity contribution in [1.82, 2.24) is 0 Å². The highest BCUT2D eigenvalue weighted by atomic mass is 16.7. The van der Waals surface area contributed by atoms with Gasteiger partial charge >= 0.3 is 35.8 Å². The van der Waals surface area contributed by atoms with E-state index in [1.807, 2.05) is 0 Å². The summed E-state index contributed by atoms with van der Waals surface area (Å²) in [6, 6.07) is 0. The van der Waals surface area contributed by atoms with Gasteiger partial charge in [0, 0.05) is 0 Å². The Bertz CT molecular complexity index is 1100. The van der Waals surface area contributed by atoms with Crippen LogP contribution in [0.2, 0.25) is 0 Å². The molecule has 0 amide bonds. The van der Waals surface area contributed by atoms with Gasteiger partial charge in [-0.3, -0.25) is 24.0 Å². The van der Waals surface area contributed by atoms with Crippen molar-refractivity contribution in [2.45, 2.75) is 134 Å². The Morgan fingerprint density at radius 1 is 0.591 bits per heavy atom. The first-order chi connectivity index (χ1) is 19.5. The molecule has 0 N–H and O–H groups in total. The lowest BCUT2D eigenvalue weighted by molar-refractivity contribution is -0.204. The molecule has 0 radical (unpaired) electrons. The number of carbonyl (C=O) groups is 6. The summed E-state index contributed by atoms with van der Waals surface area (Å²) in [5.74, 6) is -4.79. The lowest BCUT2D eigenvalue weighted by Gasteiger charge is -2.35. The van der Waals surface area contributed by atoms with E-state index in [1.165, 1.54) is 0 Å². The van der Waals surface area contributed by atoms with Crippen LogP contribution in [0.25, 0.3) is 0 Å². The molecule has 0 bridgehead atoms. The predicted octanol–water partition coefficient (Wildman–Crippen LogP) is 4.33. The second-order valence-electron chi connectivity index (χ2n) is 16.3. The predicted molar refractivity (Wildman–Crippen MR) is 158 cm³/mol. The number of esters is 6. The van der Waals surface area contributed by atoms with Gasteiger partial charge in [-0.05, 0) is 104 Å². The molecule has 0 aromatic heterocycles. The van der Waals surface area contributed by atoms with Crippen molar-refractivity contribution in [3.8, 4) is 0 Å². The van der Waals surface area contributed by atoms with Crippen LogP contribution in [-0.4, -0.2) is 72.9 Å². The molecule has 12 nitrogen and oxygen atoms in total. The third-order valence-electron chi connectivity index (χ3n) is 6.22. The summed E-state index contributed by atoms with van der Waals surface area (Å²) < 4.78 is 33.9. The maximum Gasteiger partial charge on any atom is 0.352 e. The zero-order chi connectivity index (χ0) is 34.8. The van der Waals surface area contributed by atoms with Crippen LogP contribution in [-0.2, 0) is 57.2 Å². The minimum atomic E-state index is -1.73. The molecule has 0 spiro atoms. The highest BCUT2D eigenvalue weighted by Crippen LogP contribution is 2.34. The Hall–Kier alpha value is -3.18. The first-order valence-corrected chi connectivity index (χ1v) is 14.7. The summed E-state index contributed by atoms with van der Waals surface area (Å²) in [7, 11) is 0. The SMILES string of the molecule is CC(C)(C)C(=O)OC[C@@H](OC(=O)C(C)(C)C)[C@@H](OC(=O)C(C)(C)C)[C@@H]1OC(=O)[C@H](OC(=O)C(C)(C)C)[C@@H]1OC(=O)C(C)(C)C. The Morgan fingerprint density at radius 2 is 0.977 bits per heavy atom. The van der Waals surface area contributed by atoms with Gasteiger partial charge in [0.25, 0.3) is 0 Å². The lowest BCUT2D eigenvalue weighted by atomic mass is 9.94. The van der Waals surface area contributed by atoms with Gasteiger partial charge in [0.1, 0.15) is 6.61 Å². The molecule has 1 heterocycles. The third kappa shape index (κ3) is 10.8. The fraction of sp³-hybridized carbons (Fsp3) is 0.812. The van der Waals surface area contributed by atoms with Crippen LogP contribution in [0, 0.1) is 27.1 Å². The molecule has 0 aromatic rings. The Kier molecular flexibility index (Phi) is 11.9. The average molecular weight is 629 g/mol. The smallest absolute Gasteiger partial charge is 0.352 e. The fourth-order valence-corrected chi connectivity index (χ4v) is 3.20. The number of hydrogen-bond acceptors (Lipinski definition) is 12. The molecule has 0 saturated carbocycles. The van der Waals surface area contributed by atoms with Crippen LogP contribution in [0.4, 0.5) is 0 Å². The van der Waals surface area contributed by atoms with E-state index in [9.17, 15) is 28.8 Å². The number of carbonyl (C=O) groups excluding carboxylic acids is 6. The van der Waals surface area contributed by atoms with Crippen LogP contribution in [0.15, 0.2) is 0 Å². The number of ether oxygens (including phenoxy) is 6. The summed E-state index contributed by atoms with van der Waals surface area (Å²) in [6.07, 6.45) is -8.15. The summed E-state index contributed by atoms with van der Waals surface area (Å²) in [5.41, 5.74) is -5.17. The molecule has 0 aromatic carbocycles. The normalized spacial score (nSPS) is 21.0. The van der Waals surface area contributed by atoms with E-state index in [0.717, 1.165) is 0 Å². The van der Waals surface area contributed by atoms with Crippen molar-refractivity contribution in [2.75, 3.05) is 6.61 Å². The zero-order valence-electron chi connectivity index (χ0n) is 29.0. The highest BCUT2D eigenvalue weighted by molar-refractivity contribution is 5.85. The van der Waals surface area contributed by atoms with Crippen LogP contribution in [0.5, 0.6) is 0 Å². The fourth-order valence-electron chi connectivity index (χ4n) is 3.20. The van der Waals surface area contributed by atoms with Crippen molar-refractivity contribution < 1.29 is 57.2 Å². The van der Waals surface area contributed by atoms with Gasteiger partial charge in [0.15, 0.2) is 24.4 Å². The molecular weight excluding hydrogens is 576 g/mol. The van der Waals surface area contributed by atoms with E-state index in [0.29, 0.717) is 0 Å².